The number of hydrogen-bond acceptors (Lipinski definition) is 8. The minimum absolute atomic E-state index is 0.0875. The van der Waals surface area contributed by atoms with Gasteiger partial charge in [0.1, 0.15) is 11.6 Å². The number of carbonyl (C=O) groups is 2. The highest BCUT2D eigenvalue weighted by molar-refractivity contribution is 5.96. The first-order valence-corrected chi connectivity index (χ1v) is 15.1. The molecule has 2 saturated heterocycles. The third-order valence-electron chi connectivity index (χ3n) is 8.60. The van der Waals surface area contributed by atoms with Gasteiger partial charge in [0.25, 0.3) is 0 Å². The number of piperazine rings is 1. The summed E-state index contributed by atoms with van der Waals surface area (Å²) in [5.41, 5.74) is 4.23. The number of anilines is 4. The average Bonchev–Trinajstić information content (AvgIpc) is 3.52. The van der Waals surface area contributed by atoms with Gasteiger partial charge in [-0.2, -0.15) is 4.98 Å². The number of urea groups is 1. The smallest absolute Gasteiger partial charge is 0.326 e. The van der Waals surface area contributed by atoms with Crippen LogP contribution in [0.2, 0.25) is 0 Å². The number of nitrogens with zero attached hydrogens (tertiary/aromatic N) is 7. The Morgan fingerprint density at radius 1 is 1.09 bits per heavy atom. The van der Waals surface area contributed by atoms with Gasteiger partial charge in [0, 0.05) is 74.9 Å². The normalized spacial score (nSPS) is 18.8. The summed E-state index contributed by atoms with van der Waals surface area (Å²) >= 11 is 0. The van der Waals surface area contributed by atoms with E-state index < -0.39 is 0 Å². The lowest BCUT2D eigenvalue weighted by Gasteiger charge is -2.39. The number of ether oxygens (including phenoxy) is 1. The number of likely N-dealkylation sites (N-methyl/N-ethyl adjacent to an activating group) is 1. The van der Waals surface area contributed by atoms with Gasteiger partial charge in [0.15, 0.2) is 0 Å². The molecule has 0 bridgehead atoms. The van der Waals surface area contributed by atoms with Crippen molar-refractivity contribution in [3.05, 3.63) is 78.0 Å². The van der Waals surface area contributed by atoms with Gasteiger partial charge < -0.3 is 29.7 Å². The van der Waals surface area contributed by atoms with Crippen LogP contribution in [0.5, 0.6) is 5.75 Å². The van der Waals surface area contributed by atoms with Crippen LogP contribution in [0, 0.1) is 0 Å². The zero-order chi connectivity index (χ0) is 30.8. The van der Waals surface area contributed by atoms with E-state index in [4.69, 9.17) is 9.72 Å². The number of nitrogens with one attached hydrogen (secondary N) is 1. The van der Waals surface area contributed by atoms with Crippen molar-refractivity contribution in [2.45, 2.75) is 32.5 Å². The lowest BCUT2D eigenvalue weighted by molar-refractivity contribution is -0.126. The molecule has 230 valence electrons. The molecule has 0 aliphatic carbocycles. The molecule has 11 nitrogen and oxygen atoms in total. The predicted octanol–water partition coefficient (Wildman–Crippen LogP) is 4.10. The highest BCUT2D eigenvalue weighted by atomic mass is 16.5. The molecule has 1 atom stereocenters. The molecule has 0 spiro atoms. The molecule has 1 N–H and O–H groups in total. The Kier molecular flexibility index (Phi) is 8.38. The molecule has 2 aromatic carbocycles. The summed E-state index contributed by atoms with van der Waals surface area (Å²) in [6, 6.07) is 15.7. The number of hydrogen-bond donors (Lipinski definition) is 1. The molecule has 11 heteroatoms. The second kappa shape index (κ2) is 12.5. The quantitative estimate of drug-likeness (QED) is 0.389. The third-order valence-corrected chi connectivity index (χ3v) is 8.60. The van der Waals surface area contributed by atoms with Crippen LogP contribution in [-0.4, -0.2) is 96.1 Å². The second-order valence-electron chi connectivity index (χ2n) is 11.8. The number of benzene rings is 2. The van der Waals surface area contributed by atoms with E-state index in [0.717, 1.165) is 48.7 Å². The maximum absolute atomic E-state index is 14.1. The largest absolute Gasteiger partial charge is 0.494 e. The number of likely N-dealkylation sites (tertiary alicyclic amines) is 1. The maximum Gasteiger partial charge on any atom is 0.326 e. The fourth-order valence-electron chi connectivity index (χ4n) is 6.12. The summed E-state index contributed by atoms with van der Waals surface area (Å²) in [7, 11) is 3.80. The summed E-state index contributed by atoms with van der Waals surface area (Å²) < 4.78 is 5.76. The highest BCUT2D eigenvalue weighted by Crippen LogP contribution is 2.35. The van der Waals surface area contributed by atoms with E-state index in [-0.39, 0.29) is 18.0 Å². The van der Waals surface area contributed by atoms with E-state index in [1.165, 1.54) is 0 Å². The van der Waals surface area contributed by atoms with Crippen LogP contribution in [0.15, 0.2) is 66.9 Å². The van der Waals surface area contributed by atoms with Crippen LogP contribution < -0.4 is 19.9 Å². The van der Waals surface area contributed by atoms with E-state index in [2.05, 4.69) is 39.8 Å². The van der Waals surface area contributed by atoms with Crippen LogP contribution in [0.25, 0.3) is 0 Å². The van der Waals surface area contributed by atoms with Crippen molar-refractivity contribution in [2.24, 2.45) is 0 Å². The molecule has 3 aromatic rings. The number of amides is 3. The highest BCUT2D eigenvalue weighted by Gasteiger charge is 2.40. The van der Waals surface area contributed by atoms with Crippen LogP contribution in [0.1, 0.15) is 24.5 Å². The minimum Gasteiger partial charge on any atom is -0.494 e. The topological polar surface area (TPSA) is 97.4 Å². The zero-order valence-electron chi connectivity index (χ0n) is 25.7. The van der Waals surface area contributed by atoms with Crippen LogP contribution in [-0.2, 0) is 17.9 Å². The van der Waals surface area contributed by atoms with Crippen molar-refractivity contribution in [2.75, 3.05) is 68.5 Å². The van der Waals surface area contributed by atoms with Crippen LogP contribution in [0.4, 0.5) is 27.9 Å². The fourth-order valence-corrected chi connectivity index (χ4v) is 6.12. The number of fused-ring (bicyclic) bond motifs is 1. The van der Waals surface area contributed by atoms with Gasteiger partial charge in [-0.25, -0.2) is 9.78 Å². The van der Waals surface area contributed by atoms with E-state index in [9.17, 15) is 9.59 Å². The molecular weight excluding hydrogens is 556 g/mol. The Morgan fingerprint density at radius 2 is 1.86 bits per heavy atom. The molecule has 3 aliphatic rings. The first-order chi connectivity index (χ1) is 21.3. The Bertz CT molecular complexity index is 1540. The SMILES string of the molecule is C=C(C)C(=O)N1CC[C@H](N2C(=O)N(Cc3ccccc3)Cc3cnc(Nc4ccc(N5CCN(C)CC5)cc4OC)nc32)C1. The van der Waals surface area contributed by atoms with Crippen molar-refractivity contribution in [3.63, 3.8) is 0 Å². The molecule has 0 saturated carbocycles. The molecule has 0 radical (unpaired) electrons. The molecule has 3 aliphatic heterocycles. The molecular formula is C33H40N8O3. The molecule has 1 aromatic heterocycles. The second-order valence-corrected chi connectivity index (χ2v) is 11.8. The molecule has 4 heterocycles. The molecule has 3 amide bonds. The Balaban J connectivity index is 1.28. The molecule has 0 unspecified atom stereocenters. The Labute approximate surface area is 258 Å². The summed E-state index contributed by atoms with van der Waals surface area (Å²) in [4.78, 5) is 46.4. The molecule has 2 fully saturated rings. The standard InChI is InChI=1S/C33H40N8O3/c1-23(2)31(42)39-13-12-27(22-39)41-30-25(21-40(33(41)43)20-24-8-6-5-7-9-24)19-34-32(36-30)35-28-11-10-26(18-29(28)44-4)38-16-14-37(3)15-17-38/h5-11,18-19,27H,1,12-17,20-22H2,2-4H3,(H,34,35,36)/t27-/m0/s1. The first kappa shape index (κ1) is 29.4. The number of aromatic nitrogens is 2. The number of rotatable bonds is 8. The summed E-state index contributed by atoms with van der Waals surface area (Å²) in [6.45, 7) is 11.3. The van der Waals surface area contributed by atoms with E-state index in [0.29, 0.717) is 55.7 Å². The van der Waals surface area contributed by atoms with Crippen LogP contribution >= 0.6 is 0 Å². The third kappa shape index (κ3) is 6.05. The minimum atomic E-state index is -0.219. The summed E-state index contributed by atoms with van der Waals surface area (Å²) in [5.74, 6) is 1.54. The van der Waals surface area contributed by atoms with E-state index in [1.54, 1.807) is 30.0 Å². The average molecular weight is 597 g/mol. The van der Waals surface area contributed by atoms with Crippen LogP contribution in [0.3, 0.4) is 0 Å². The monoisotopic (exact) mass is 596 g/mol. The predicted molar refractivity (Wildman–Crippen MR) is 171 cm³/mol. The summed E-state index contributed by atoms with van der Waals surface area (Å²) in [5, 5.41) is 3.33. The summed E-state index contributed by atoms with van der Waals surface area (Å²) in [6.07, 6.45) is 2.44. The van der Waals surface area contributed by atoms with Crippen molar-refractivity contribution >= 4 is 35.1 Å². The Hall–Kier alpha value is -4.64. The van der Waals surface area contributed by atoms with Gasteiger partial charge in [0.05, 0.1) is 25.4 Å². The number of methoxy groups -OCH3 is 1. The van der Waals surface area contributed by atoms with Gasteiger partial charge in [-0.15, -0.1) is 0 Å². The van der Waals surface area contributed by atoms with Gasteiger partial charge in [-0.05, 0) is 38.1 Å². The Morgan fingerprint density at radius 3 is 2.59 bits per heavy atom. The van der Waals surface area contributed by atoms with E-state index >= 15 is 0 Å². The van der Waals surface area contributed by atoms with Gasteiger partial charge in [-0.3, -0.25) is 9.69 Å². The maximum atomic E-state index is 14.1. The van der Waals surface area contributed by atoms with Crippen molar-refractivity contribution in [1.82, 2.24) is 24.7 Å². The molecule has 44 heavy (non-hydrogen) atoms. The lowest BCUT2D eigenvalue weighted by atomic mass is 10.1. The molecule has 6 rings (SSSR count). The first-order valence-electron chi connectivity index (χ1n) is 15.1. The van der Waals surface area contributed by atoms with Crippen molar-refractivity contribution in [1.29, 1.82) is 0 Å². The van der Waals surface area contributed by atoms with Gasteiger partial charge >= 0.3 is 6.03 Å². The van der Waals surface area contributed by atoms with Gasteiger partial charge in [0.2, 0.25) is 11.9 Å². The lowest BCUT2D eigenvalue weighted by Crippen LogP contribution is -2.53. The van der Waals surface area contributed by atoms with E-state index in [1.807, 2.05) is 47.4 Å². The number of carbonyl (C=O) groups excluding carboxylic acids is 2. The van der Waals surface area contributed by atoms with Crippen molar-refractivity contribution in [3.8, 4) is 5.75 Å². The zero-order valence-corrected chi connectivity index (χ0v) is 25.7. The van der Waals surface area contributed by atoms with Crippen molar-refractivity contribution < 1.29 is 14.3 Å². The fraction of sp³-hybridized carbons (Fsp3) is 0.394. The van der Waals surface area contributed by atoms with Gasteiger partial charge in [-0.1, -0.05) is 36.9 Å².